The number of carbonyl (C=O) groups is 1. The van der Waals surface area contributed by atoms with Gasteiger partial charge in [-0.3, -0.25) is 4.90 Å². The molecular weight excluding hydrogens is 428 g/mol. The molecule has 3 aromatic rings. The number of aryl methyl sites for hydroxylation is 2. The molecular formula is C24H25ClN4O3. The van der Waals surface area contributed by atoms with Gasteiger partial charge in [0, 0.05) is 23.4 Å². The number of nitrogens with one attached hydrogen (secondary N) is 1. The summed E-state index contributed by atoms with van der Waals surface area (Å²) in [7, 11) is 1.61. The van der Waals surface area contributed by atoms with Crippen molar-refractivity contribution in [3.8, 4) is 11.4 Å². The molecule has 7 nitrogen and oxygen atoms in total. The third kappa shape index (κ3) is 4.26. The van der Waals surface area contributed by atoms with Crippen LogP contribution in [0.2, 0.25) is 5.02 Å². The van der Waals surface area contributed by atoms with Gasteiger partial charge in [0.15, 0.2) is 0 Å². The van der Waals surface area contributed by atoms with Crippen molar-refractivity contribution >= 4 is 23.2 Å². The third-order valence-electron chi connectivity index (χ3n) is 5.74. The first-order valence-corrected chi connectivity index (χ1v) is 10.7. The lowest BCUT2D eigenvalue weighted by atomic mass is 9.92. The fraction of sp³-hybridized carbons (Fsp3) is 0.292. The van der Waals surface area contributed by atoms with Crippen molar-refractivity contribution in [1.82, 2.24) is 20.4 Å². The van der Waals surface area contributed by atoms with Gasteiger partial charge in [-0.15, -0.1) is 0 Å². The van der Waals surface area contributed by atoms with Crippen LogP contribution in [0, 0.1) is 13.8 Å². The molecule has 0 radical (unpaired) electrons. The predicted octanol–water partition coefficient (Wildman–Crippen LogP) is 5.15. The minimum absolute atomic E-state index is 0.191. The number of methoxy groups -OCH3 is 1. The molecule has 0 spiro atoms. The van der Waals surface area contributed by atoms with Gasteiger partial charge in [0.1, 0.15) is 0 Å². The minimum atomic E-state index is -0.417. The zero-order valence-corrected chi connectivity index (χ0v) is 19.2. The number of benzene rings is 2. The second-order valence-electron chi connectivity index (χ2n) is 7.80. The van der Waals surface area contributed by atoms with Crippen LogP contribution in [0.25, 0.3) is 17.0 Å². The number of hydrogen-bond donors (Lipinski definition) is 1. The Morgan fingerprint density at radius 2 is 1.88 bits per heavy atom. The monoisotopic (exact) mass is 452 g/mol. The van der Waals surface area contributed by atoms with Gasteiger partial charge in [-0.25, -0.2) is 4.79 Å². The summed E-state index contributed by atoms with van der Waals surface area (Å²) in [5, 5.41) is 7.91. The highest BCUT2D eigenvalue weighted by Crippen LogP contribution is 2.37. The molecule has 1 aliphatic heterocycles. The SMILES string of the molecule is COCCN1C(=O)NC(c2ccc(C)c(C)c2)C(c2nc(-c3ccc(Cl)cc3)no2)=C1C. The Hall–Kier alpha value is -3.16. The van der Waals surface area contributed by atoms with Gasteiger partial charge in [-0.2, -0.15) is 4.98 Å². The van der Waals surface area contributed by atoms with E-state index in [0.717, 1.165) is 28.0 Å². The van der Waals surface area contributed by atoms with Crippen molar-refractivity contribution in [2.75, 3.05) is 20.3 Å². The standard InChI is InChI=1S/C24H25ClN4O3/c1-14-5-6-18(13-15(14)2)21-20(16(3)29(11-12-31-4)24(30)26-21)23-27-22(28-32-23)17-7-9-19(25)10-8-17/h5-10,13,21H,11-12H2,1-4H3,(H,26,30). The number of allylic oxidation sites excluding steroid dienone is 1. The Labute approximate surface area is 192 Å². The van der Waals surface area contributed by atoms with E-state index in [0.29, 0.717) is 29.9 Å². The topological polar surface area (TPSA) is 80.5 Å². The van der Waals surface area contributed by atoms with Crippen LogP contribution < -0.4 is 5.32 Å². The average molecular weight is 453 g/mol. The zero-order valence-electron chi connectivity index (χ0n) is 18.5. The van der Waals surface area contributed by atoms with E-state index in [1.165, 1.54) is 5.56 Å². The number of halogens is 1. The number of urea groups is 1. The lowest BCUT2D eigenvalue weighted by molar-refractivity contribution is 0.158. The highest BCUT2D eigenvalue weighted by atomic mass is 35.5. The fourth-order valence-corrected chi connectivity index (χ4v) is 3.88. The minimum Gasteiger partial charge on any atom is -0.383 e. The first-order valence-electron chi connectivity index (χ1n) is 10.3. The summed E-state index contributed by atoms with van der Waals surface area (Å²) in [6.45, 7) is 6.82. The van der Waals surface area contributed by atoms with Gasteiger partial charge in [0.25, 0.3) is 5.89 Å². The molecule has 1 atom stereocenters. The van der Waals surface area contributed by atoms with Gasteiger partial charge in [0.2, 0.25) is 5.82 Å². The summed E-state index contributed by atoms with van der Waals surface area (Å²) in [6, 6.07) is 12.8. The highest BCUT2D eigenvalue weighted by molar-refractivity contribution is 6.30. The smallest absolute Gasteiger partial charge is 0.322 e. The summed E-state index contributed by atoms with van der Waals surface area (Å²) >= 11 is 6.00. The van der Waals surface area contributed by atoms with Crippen LogP contribution in [0.3, 0.4) is 0 Å². The lowest BCUT2D eigenvalue weighted by Gasteiger charge is -2.35. The third-order valence-corrected chi connectivity index (χ3v) is 5.99. The summed E-state index contributed by atoms with van der Waals surface area (Å²) in [5.41, 5.74) is 5.58. The van der Waals surface area contributed by atoms with Crippen molar-refractivity contribution in [3.63, 3.8) is 0 Å². The predicted molar refractivity (Wildman–Crippen MR) is 123 cm³/mol. The maximum Gasteiger partial charge on any atom is 0.322 e. The van der Waals surface area contributed by atoms with E-state index in [2.05, 4.69) is 35.4 Å². The molecule has 0 fully saturated rings. The maximum atomic E-state index is 12.9. The summed E-state index contributed by atoms with van der Waals surface area (Å²) < 4.78 is 10.9. The van der Waals surface area contributed by atoms with Crippen LogP contribution in [0.15, 0.2) is 52.7 Å². The second-order valence-corrected chi connectivity index (χ2v) is 8.24. The van der Waals surface area contributed by atoms with Crippen LogP contribution >= 0.6 is 11.6 Å². The van der Waals surface area contributed by atoms with Crippen LogP contribution in [-0.4, -0.2) is 41.3 Å². The number of nitrogens with zero attached hydrogens (tertiary/aromatic N) is 3. The van der Waals surface area contributed by atoms with Gasteiger partial charge < -0.3 is 14.6 Å². The fourth-order valence-electron chi connectivity index (χ4n) is 3.75. The Bertz CT molecular complexity index is 1170. The maximum absolute atomic E-state index is 12.9. The summed E-state index contributed by atoms with van der Waals surface area (Å²) in [6.07, 6.45) is 0. The molecule has 1 N–H and O–H groups in total. The first kappa shape index (κ1) is 22.0. The second kappa shape index (κ2) is 9.14. The van der Waals surface area contributed by atoms with E-state index in [9.17, 15) is 4.79 Å². The molecule has 1 aliphatic rings. The van der Waals surface area contributed by atoms with Crippen molar-refractivity contribution in [1.29, 1.82) is 0 Å². The first-order chi connectivity index (χ1) is 15.4. The number of aromatic nitrogens is 2. The Morgan fingerprint density at radius 1 is 1.12 bits per heavy atom. The van der Waals surface area contributed by atoms with Crippen LogP contribution in [0.5, 0.6) is 0 Å². The molecule has 166 valence electrons. The number of rotatable bonds is 6. The van der Waals surface area contributed by atoms with Gasteiger partial charge in [-0.05, 0) is 61.7 Å². The number of ether oxygens (including phenoxy) is 1. The van der Waals surface area contributed by atoms with E-state index in [1.807, 2.05) is 31.2 Å². The van der Waals surface area contributed by atoms with E-state index >= 15 is 0 Å². The van der Waals surface area contributed by atoms with Gasteiger partial charge in [-0.1, -0.05) is 35.0 Å². The molecule has 2 heterocycles. The molecule has 0 bridgehead atoms. The number of amides is 2. The quantitative estimate of drug-likeness (QED) is 0.559. The average Bonchev–Trinajstić information content (AvgIpc) is 3.25. The van der Waals surface area contributed by atoms with E-state index in [1.54, 1.807) is 24.1 Å². The molecule has 0 saturated heterocycles. The Balaban J connectivity index is 1.80. The van der Waals surface area contributed by atoms with Crippen molar-refractivity contribution in [2.45, 2.75) is 26.8 Å². The van der Waals surface area contributed by atoms with E-state index in [-0.39, 0.29) is 6.03 Å². The van der Waals surface area contributed by atoms with E-state index in [4.69, 9.17) is 20.9 Å². The number of hydrogen-bond acceptors (Lipinski definition) is 5. The normalized spacial score (nSPS) is 16.5. The lowest BCUT2D eigenvalue weighted by Crippen LogP contribution is -2.47. The highest BCUT2D eigenvalue weighted by Gasteiger charge is 2.35. The molecule has 4 rings (SSSR count). The van der Waals surface area contributed by atoms with Crippen molar-refractivity contribution in [3.05, 3.63) is 75.8 Å². The molecule has 2 aromatic carbocycles. The van der Waals surface area contributed by atoms with Crippen molar-refractivity contribution < 1.29 is 14.1 Å². The molecule has 0 aliphatic carbocycles. The van der Waals surface area contributed by atoms with Crippen LogP contribution in [0.4, 0.5) is 4.79 Å². The molecule has 2 amide bonds. The van der Waals surface area contributed by atoms with Crippen LogP contribution in [0.1, 0.15) is 35.5 Å². The Morgan fingerprint density at radius 3 is 2.56 bits per heavy atom. The number of carbonyl (C=O) groups excluding carboxylic acids is 1. The van der Waals surface area contributed by atoms with Crippen molar-refractivity contribution in [2.24, 2.45) is 0 Å². The summed E-state index contributed by atoms with van der Waals surface area (Å²) in [4.78, 5) is 19.2. The Kier molecular flexibility index (Phi) is 6.30. The van der Waals surface area contributed by atoms with E-state index < -0.39 is 6.04 Å². The van der Waals surface area contributed by atoms with Crippen LogP contribution in [-0.2, 0) is 4.74 Å². The zero-order chi connectivity index (χ0) is 22.8. The van der Waals surface area contributed by atoms with Gasteiger partial charge in [0.05, 0.1) is 24.8 Å². The molecule has 1 unspecified atom stereocenters. The molecule has 0 saturated carbocycles. The molecule has 1 aromatic heterocycles. The van der Waals surface area contributed by atoms with Gasteiger partial charge >= 0.3 is 6.03 Å². The molecule has 8 heteroatoms. The largest absolute Gasteiger partial charge is 0.383 e. The molecule has 32 heavy (non-hydrogen) atoms. The summed E-state index contributed by atoms with van der Waals surface area (Å²) in [5.74, 6) is 0.814.